The number of nitrogen functional groups attached to an aromatic ring is 1. The zero-order chi connectivity index (χ0) is 25.4. The van der Waals surface area contributed by atoms with Crippen LogP contribution in [0.15, 0.2) is 67.0 Å². The summed E-state index contributed by atoms with van der Waals surface area (Å²) in [6.45, 7) is 4.10. The van der Waals surface area contributed by atoms with Crippen molar-refractivity contribution in [3.05, 3.63) is 83.8 Å². The number of fused-ring (bicyclic) bond motifs is 1. The third-order valence-corrected chi connectivity index (χ3v) is 7.15. The van der Waals surface area contributed by atoms with Crippen molar-refractivity contribution in [2.75, 3.05) is 32.9 Å². The number of aryl methyl sites for hydroxylation is 1. The lowest BCUT2D eigenvalue weighted by Crippen LogP contribution is -2.32. The second-order valence-electron chi connectivity index (χ2n) is 9.63. The standard InChI is InChI=1S/C29H32N6O/c1-19(35-15-12-21(13-16-35)20-5-7-22(8-6-20)29(36)33(2)3)27-17-25-24(11-14-31-28(25)34(27)4)26-10-9-23(30)18-32-26/h5-12,14,17-19H,13,15-16,30H2,1-4H3. The smallest absolute Gasteiger partial charge is 0.253 e. The van der Waals surface area contributed by atoms with E-state index in [1.165, 1.54) is 16.8 Å². The molecular formula is C29H32N6O. The van der Waals surface area contributed by atoms with Crippen molar-refractivity contribution in [3.8, 4) is 11.3 Å². The minimum absolute atomic E-state index is 0.0268. The molecule has 1 aliphatic rings. The highest BCUT2D eigenvalue weighted by molar-refractivity contribution is 5.94. The van der Waals surface area contributed by atoms with Gasteiger partial charge in [0.15, 0.2) is 0 Å². The highest BCUT2D eigenvalue weighted by Gasteiger charge is 2.23. The predicted molar refractivity (Wildman–Crippen MR) is 145 cm³/mol. The zero-order valence-electron chi connectivity index (χ0n) is 21.3. The number of pyridine rings is 2. The van der Waals surface area contributed by atoms with E-state index < -0.39 is 0 Å². The molecule has 0 fully saturated rings. The van der Waals surface area contributed by atoms with E-state index in [1.54, 1.807) is 25.2 Å². The Bertz CT molecular complexity index is 1430. The number of amides is 1. The number of nitrogens with two attached hydrogens (primary N) is 1. The first kappa shape index (κ1) is 23.8. The van der Waals surface area contributed by atoms with Crippen LogP contribution < -0.4 is 5.73 Å². The first-order chi connectivity index (χ1) is 17.3. The predicted octanol–water partition coefficient (Wildman–Crippen LogP) is 4.77. The molecule has 5 rings (SSSR count). The Morgan fingerprint density at radius 3 is 2.50 bits per heavy atom. The van der Waals surface area contributed by atoms with Gasteiger partial charge in [-0.1, -0.05) is 18.2 Å². The summed E-state index contributed by atoms with van der Waals surface area (Å²) in [6, 6.07) is 16.3. The SMILES string of the molecule is CC(c1cc2c(-c3ccc(N)cn3)ccnc2n1C)N1CC=C(c2ccc(C(=O)N(C)C)cc2)CC1. The van der Waals surface area contributed by atoms with E-state index in [4.69, 9.17) is 5.73 Å². The maximum atomic E-state index is 12.2. The summed E-state index contributed by atoms with van der Waals surface area (Å²) in [5.74, 6) is 0.0268. The monoisotopic (exact) mass is 480 g/mol. The summed E-state index contributed by atoms with van der Waals surface area (Å²) in [5.41, 5.74) is 13.9. The van der Waals surface area contributed by atoms with E-state index >= 15 is 0 Å². The lowest BCUT2D eigenvalue weighted by atomic mass is 9.97. The molecule has 1 atom stereocenters. The third kappa shape index (κ3) is 4.38. The van der Waals surface area contributed by atoms with Crippen LogP contribution in [-0.2, 0) is 7.05 Å². The Labute approximate surface area is 211 Å². The third-order valence-electron chi connectivity index (χ3n) is 7.15. The van der Waals surface area contributed by atoms with Crippen molar-refractivity contribution in [3.63, 3.8) is 0 Å². The van der Waals surface area contributed by atoms with Gasteiger partial charge in [-0.15, -0.1) is 0 Å². The molecule has 4 heterocycles. The van der Waals surface area contributed by atoms with Gasteiger partial charge in [0.05, 0.1) is 17.6 Å². The summed E-state index contributed by atoms with van der Waals surface area (Å²) in [7, 11) is 5.64. The summed E-state index contributed by atoms with van der Waals surface area (Å²) >= 11 is 0. The fourth-order valence-corrected chi connectivity index (χ4v) is 5.00. The van der Waals surface area contributed by atoms with Crippen LogP contribution in [0.1, 0.15) is 41.0 Å². The summed E-state index contributed by atoms with van der Waals surface area (Å²) < 4.78 is 2.19. The summed E-state index contributed by atoms with van der Waals surface area (Å²) in [4.78, 5) is 25.5. The Balaban J connectivity index is 1.37. The lowest BCUT2D eigenvalue weighted by molar-refractivity contribution is 0.0827. The highest BCUT2D eigenvalue weighted by atomic mass is 16.2. The van der Waals surface area contributed by atoms with Gasteiger partial charge in [-0.2, -0.15) is 0 Å². The van der Waals surface area contributed by atoms with Crippen molar-refractivity contribution in [2.24, 2.45) is 7.05 Å². The Morgan fingerprint density at radius 1 is 1.08 bits per heavy atom. The molecule has 1 unspecified atom stereocenters. The van der Waals surface area contributed by atoms with E-state index in [0.717, 1.165) is 41.8 Å². The number of carbonyl (C=O) groups excluding carboxylic acids is 1. The van der Waals surface area contributed by atoms with Crippen LogP contribution in [0.25, 0.3) is 27.9 Å². The maximum absolute atomic E-state index is 12.2. The molecule has 36 heavy (non-hydrogen) atoms. The molecule has 184 valence electrons. The number of benzene rings is 1. The van der Waals surface area contributed by atoms with E-state index in [1.807, 2.05) is 36.5 Å². The molecule has 0 saturated carbocycles. The second-order valence-corrected chi connectivity index (χ2v) is 9.63. The van der Waals surface area contributed by atoms with E-state index in [-0.39, 0.29) is 11.9 Å². The van der Waals surface area contributed by atoms with E-state index in [2.05, 4.69) is 57.7 Å². The average molecular weight is 481 g/mol. The quantitative estimate of drug-likeness (QED) is 0.445. The molecule has 0 bridgehead atoms. The first-order valence-corrected chi connectivity index (χ1v) is 12.2. The topological polar surface area (TPSA) is 80.3 Å². The van der Waals surface area contributed by atoms with Crippen molar-refractivity contribution >= 4 is 28.2 Å². The summed E-state index contributed by atoms with van der Waals surface area (Å²) in [6.07, 6.45) is 6.82. The number of carbonyl (C=O) groups is 1. The van der Waals surface area contributed by atoms with Crippen molar-refractivity contribution in [2.45, 2.75) is 19.4 Å². The normalized spacial score (nSPS) is 15.1. The van der Waals surface area contributed by atoms with Crippen LogP contribution in [0.3, 0.4) is 0 Å². The van der Waals surface area contributed by atoms with E-state index in [0.29, 0.717) is 11.3 Å². The highest BCUT2D eigenvalue weighted by Crippen LogP contribution is 2.34. The Kier molecular flexibility index (Phi) is 6.33. The average Bonchev–Trinajstić information content (AvgIpc) is 3.25. The fraction of sp³-hybridized carbons (Fsp3) is 0.276. The molecule has 0 saturated heterocycles. The second kappa shape index (κ2) is 9.59. The molecule has 2 N–H and O–H groups in total. The largest absolute Gasteiger partial charge is 0.397 e. The Morgan fingerprint density at radius 2 is 1.86 bits per heavy atom. The minimum atomic E-state index is 0.0268. The van der Waals surface area contributed by atoms with Gasteiger partial charge < -0.3 is 15.2 Å². The summed E-state index contributed by atoms with van der Waals surface area (Å²) in [5, 5.41) is 1.10. The lowest BCUT2D eigenvalue weighted by Gasteiger charge is -2.32. The molecule has 1 aromatic carbocycles. The van der Waals surface area contributed by atoms with E-state index in [9.17, 15) is 4.79 Å². The first-order valence-electron chi connectivity index (χ1n) is 12.2. The van der Waals surface area contributed by atoms with Crippen LogP contribution in [0.4, 0.5) is 5.69 Å². The maximum Gasteiger partial charge on any atom is 0.253 e. The van der Waals surface area contributed by atoms with Gasteiger partial charge in [-0.05, 0) is 60.9 Å². The van der Waals surface area contributed by atoms with Crippen LogP contribution in [-0.4, -0.2) is 57.4 Å². The Hall–Kier alpha value is -3.97. The van der Waals surface area contributed by atoms with Crippen LogP contribution >= 0.6 is 0 Å². The van der Waals surface area contributed by atoms with Gasteiger partial charge >= 0.3 is 0 Å². The minimum Gasteiger partial charge on any atom is -0.397 e. The molecule has 0 spiro atoms. The van der Waals surface area contributed by atoms with Crippen molar-refractivity contribution in [1.29, 1.82) is 0 Å². The molecular weight excluding hydrogens is 448 g/mol. The number of hydrogen-bond acceptors (Lipinski definition) is 5. The van der Waals surface area contributed by atoms with Crippen molar-refractivity contribution in [1.82, 2.24) is 24.3 Å². The molecule has 0 radical (unpaired) electrons. The molecule has 7 nitrogen and oxygen atoms in total. The van der Waals surface area contributed by atoms with Gasteiger partial charge in [0.1, 0.15) is 5.65 Å². The molecule has 1 amide bonds. The number of anilines is 1. The molecule has 1 aliphatic heterocycles. The zero-order valence-corrected chi connectivity index (χ0v) is 21.3. The number of rotatable bonds is 5. The fourth-order valence-electron chi connectivity index (χ4n) is 5.00. The molecule has 0 aliphatic carbocycles. The molecule has 3 aromatic heterocycles. The molecule has 7 heteroatoms. The number of aromatic nitrogens is 3. The van der Waals surface area contributed by atoms with Gasteiger partial charge in [0.2, 0.25) is 0 Å². The van der Waals surface area contributed by atoms with Gasteiger partial charge in [0.25, 0.3) is 5.91 Å². The van der Waals surface area contributed by atoms with Gasteiger partial charge in [-0.3, -0.25) is 14.7 Å². The van der Waals surface area contributed by atoms with Gasteiger partial charge in [0, 0.05) is 68.7 Å². The van der Waals surface area contributed by atoms with Gasteiger partial charge in [-0.25, -0.2) is 4.98 Å². The van der Waals surface area contributed by atoms with Crippen LogP contribution in [0.2, 0.25) is 0 Å². The van der Waals surface area contributed by atoms with Crippen LogP contribution in [0.5, 0.6) is 0 Å². The molecule has 4 aromatic rings. The number of hydrogen-bond donors (Lipinski definition) is 1. The van der Waals surface area contributed by atoms with Crippen molar-refractivity contribution < 1.29 is 4.79 Å². The number of nitrogens with zero attached hydrogens (tertiary/aromatic N) is 5. The van der Waals surface area contributed by atoms with Crippen LogP contribution in [0, 0.1) is 0 Å².